The molecule has 5 aromatic heterocycles. The molecule has 12 aromatic rings. The minimum Gasteiger partial charge on any atom is -0.456 e. The molecule has 12 rings (SSSR count). The van der Waals surface area contributed by atoms with Gasteiger partial charge in [-0.1, -0.05) is 97.1 Å². The standard InChI is InChI=1S/C48H27N5O2/c1-2-12-29-27-39-37(26-28(29)11-1)32-15-3-5-20-38(32)53(39)31-14-7-13-30(25-31)45-50-46(34-17-8-22-41-43(34)33-16-4-6-21-40(33)54-41)52-47(51-45)35-18-9-23-42-44(35)36-19-10-24-49-48(36)55-42/h1-27H. The minimum absolute atomic E-state index is 0.538. The Hall–Kier alpha value is -7.64. The second-order valence-corrected chi connectivity index (χ2v) is 13.8. The van der Waals surface area contributed by atoms with Crippen LogP contribution in [0, 0.1) is 0 Å². The van der Waals surface area contributed by atoms with Crippen molar-refractivity contribution in [3.05, 3.63) is 164 Å². The van der Waals surface area contributed by atoms with Crippen LogP contribution in [-0.4, -0.2) is 24.5 Å². The summed E-state index contributed by atoms with van der Waals surface area (Å²) in [6, 6.07) is 54.2. The summed E-state index contributed by atoms with van der Waals surface area (Å²) < 4.78 is 14.8. The molecule has 55 heavy (non-hydrogen) atoms. The van der Waals surface area contributed by atoms with Crippen LogP contribution >= 0.6 is 0 Å². The van der Waals surface area contributed by atoms with Crippen molar-refractivity contribution in [3.63, 3.8) is 0 Å². The van der Waals surface area contributed by atoms with E-state index in [9.17, 15) is 0 Å². The van der Waals surface area contributed by atoms with Gasteiger partial charge in [0.05, 0.1) is 11.0 Å². The van der Waals surface area contributed by atoms with Crippen LogP contribution in [0.4, 0.5) is 0 Å². The minimum atomic E-state index is 0.538. The SMILES string of the molecule is c1cc(-c2nc(-c3cccc4oc5ccccc5c34)nc(-c3cccc4oc5ncccc5c34)n2)cc(-n2c3ccccc3c3cc4ccccc4cc32)c1. The van der Waals surface area contributed by atoms with Gasteiger partial charge in [0.25, 0.3) is 0 Å². The van der Waals surface area contributed by atoms with Crippen molar-refractivity contribution in [1.82, 2.24) is 24.5 Å². The fourth-order valence-corrected chi connectivity index (χ4v) is 8.27. The Labute approximate surface area is 312 Å². The lowest BCUT2D eigenvalue weighted by molar-refractivity contribution is 0.654. The van der Waals surface area contributed by atoms with Gasteiger partial charge >= 0.3 is 0 Å². The van der Waals surface area contributed by atoms with E-state index in [1.807, 2.05) is 60.7 Å². The molecule has 0 radical (unpaired) electrons. The Morgan fingerprint density at radius 3 is 1.89 bits per heavy atom. The highest BCUT2D eigenvalue weighted by atomic mass is 16.3. The van der Waals surface area contributed by atoms with Crippen LogP contribution in [0.25, 0.3) is 116 Å². The number of furan rings is 2. The zero-order chi connectivity index (χ0) is 36.0. The number of pyridine rings is 1. The molecule has 0 saturated heterocycles. The molecule has 0 N–H and O–H groups in total. The van der Waals surface area contributed by atoms with Crippen LogP contribution in [0.3, 0.4) is 0 Å². The van der Waals surface area contributed by atoms with E-state index in [0.29, 0.717) is 23.2 Å². The first-order valence-electron chi connectivity index (χ1n) is 18.2. The summed E-state index contributed by atoms with van der Waals surface area (Å²) in [6.45, 7) is 0. The molecule has 7 aromatic carbocycles. The molecule has 0 bridgehead atoms. The van der Waals surface area contributed by atoms with E-state index in [2.05, 4.69) is 107 Å². The van der Waals surface area contributed by atoms with E-state index >= 15 is 0 Å². The second kappa shape index (κ2) is 11.4. The van der Waals surface area contributed by atoms with Crippen LogP contribution in [0.1, 0.15) is 0 Å². The first kappa shape index (κ1) is 29.9. The highest BCUT2D eigenvalue weighted by Gasteiger charge is 2.21. The summed E-state index contributed by atoms with van der Waals surface area (Å²) in [5.41, 5.74) is 8.73. The van der Waals surface area contributed by atoms with Crippen molar-refractivity contribution in [3.8, 4) is 39.9 Å². The number of rotatable bonds is 4. The van der Waals surface area contributed by atoms with Gasteiger partial charge in [0.1, 0.15) is 16.7 Å². The summed E-state index contributed by atoms with van der Waals surface area (Å²) >= 11 is 0. The lowest BCUT2D eigenvalue weighted by atomic mass is 10.0. The number of para-hydroxylation sites is 2. The molecule has 5 heterocycles. The molecule has 256 valence electrons. The molecule has 0 unspecified atom stereocenters. The third-order valence-electron chi connectivity index (χ3n) is 10.7. The predicted molar refractivity (Wildman–Crippen MR) is 220 cm³/mol. The summed E-state index contributed by atoms with van der Waals surface area (Å²) in [4.78, 5) is 20.2. The Morgan fingerprint density at radius 2 is 1.05 bits per heavy atom. The van der Waals surface area contributed by atoms with Crippen molar-refractivity contribution in [2.24, 2.45) is 0 Å². The van der Waals surface area contributed by atoms with E-state index in [-0.39, 0.29) is 0 Å². The molecular formula is C48H27N5O2. The van der Waals surface area contributed by atoms with Crippen LogP contribution < -0.4 is 0 Å². The van der Waals surface area contributed by atoms with Gasteiger partial charge in [-0.2, -0.15) is 0 Å². The highest BCUT2D eigenvalue weighted by Crippen LogP contribution is 2.40. The maximum absolute atomic E-state index is 6.30. The van der Waals surface area contributed by atoms with Crippen LogP contribution in [0.5, 0.6) is 0 Å². The first-order chi connectivity index (χ1) is 27.2. The summed E-state index contributed by atoms with van der Waals surface area (Å²) in [7, 11) is 0. The molecule has 0 atom stereocenters. The van der Waals surface area contributed by atoms with Gasteiger partial charge in [-0.25, -0.2) is 19.9 Å². The number of hydrogen-bond donors (Lipinski definition) is 0. The second-order valence-electron chi connectivity index (χ2n) is 13.8. The molecular weight excluding hydrogens is 679 g/mol. The maximum atomic E-state index is 6.30. The lowest BCUT2D eigenvalue weighted by Crippen LogP contribution is -2.01. The quantitative estimate of drug-likeness (QED) is 0.181. The van der Waals surface area contributed by atoms with Crippen molar-refractivity contribution in [2.45, 2.75) is 0 Å². The van der Waals surface area contributed by atoms with E-state index in [0.717, 1.165) is 71.7 Å². The van der Waals surface area contributed by atoms with Crippen molar-refractivity contribution >= 4 is 76.6 Å². The van der Waals surface area contributed by atoms with Gasteiger partial charge in [0.15, 0.2) is 17.5 Å². The van der Waals surface area contributed by atoms with Crippen molar-refractivity contribution in [2.75, 3.05) is 0 Å². The third-order valence-corrected chi connectivity index (χ3v) is 10.7. The van der Waals surface area contributed by atoms with E-state index in [1.54, 1.807) is 6.20 Å². The van der Waals surface area contributed by atoms with Gasteiger partial charge in [0.2, 0.25) is 5.71 Å². The smallest absolute Gasteiger partial charge is 0.227 e. The Morgan fingerprint density at radius 1 is 0.418 bits per heavy atom. The molecule has 0 aliphatic rings. The maximum Gasteiger partial charge on any atom is 0.227 e. The fourth-order valence-electron chi connectivity index (χ4n) is 8.27. The van der Waals surface area contributed by atoms with Gasteiger partial charge in [-0.15, -0.1) is 0 Å². The third kappa shape index (κ3) is 4.50. The molecule has 0 saturated carbocycles. The Kier molecular flexibility index (Phi) is 6.21. The van der Waals surface area contributed by atoms with Gasteiger partial charge in [-0.05, 0) is 71.4 Å². The number of aromatic nitrogens is 5. The van der Waals surface area contributed by atoms with Gasteiger partial charge < -0.3 is 13.4 Å². The summed E-state index contributed by atoms with van der Waals surface area (Å²) in [5.74, 6) is 1.64. The van der Waals surface area contributed by atoms with Crippen molar-refractivity contribution in [1.29, 1.82) is 0 Å². The van der Waals surface area contributed by atoms with Gasteiger partial charge in [-0.3, -0.25) is 0 Å². The monoisotopic (exact) mass is 705 g/mol. The van der Waals surface area contributed by atoms with Crippen LogP contribution in [0.2, 0.25) is 0 Å². The fraction of sp³-hybridized carbons (Fsp3) is 0. The summed E-state index contributed by atoms with van der Waals surface area (Å²) in [6.07, 6.45) is 1.74. The number of benzene rings is 7. The van der Waals surface area contributed by atoms with E-state index in [4.69, 9.17) is 23.8 Å². The Balaban J connectivity index is 1.13. The normalized spacial score (nSPS) is 12.0. The molecule has 0 amide bonds. The van der Waals surface area contributed by atoms with Crippen LogP contribution in [0.15, 0.2) is 173 Å². The van der Waals surface area contributed by atoms with Crippen LogP contribution in [-0.2, 0) is 0 Å². The average molecular weight is 706 g/mol. The van der Waals surface area contributed by atoms with E-state index < -0.39 is 0 Å². The molecule has 0 aliphatic carbocycles. The predicted octanol–water partition coefficient (Wildman–Crippen LogP) is 12.3. The Bertz CT molecular complexity index is 3390. The first-order valence-corrected chi connectivity index (χ1v) is 18.2. The molecule has 7 heteroatoms. The molecule has 0 spiro atoms. The van der Waals surface area contributed by atoms with E-state index in [1.165, 1.54) is 21.5 Å². The number of nitrogens with zero attached hydrogens (tertiary/aromatic N) is 5. The number of fused-ring (bicyclic) bond motifs is 10. The van der Waals surface area contributed by atoms with Crippen molar-refractivity contribution < 1.29 is 8.83 Å². The topological polar surface area (TPSA) is 82.8 Å². The largest absolute Gasteiger partial charge is 0.456 e. The number of hydrogen-bond acceptors (Lipinski definition) is 6. The van der Waals surface area contributed by atoms with Gasteiger partial charge in [0, 0.05) is 60.9 Å². The zero-order valence-electron chi connectivity index (χ0n) is 29.1. The summed E-state index contributed by atoms with van der Waals surface area (Å²) in [5, 5.41) is 8.60. The molecule has 0 aliphatic heterocycles. The highest BCUT2D eigenvalue weighted by molar-refractivity contribution is 6.15. The molecule has 7 nitrogen and oxygen atoms in total. The average Bonchev–Trinajstić information content (AvgIpc) is 3.92. The lowest BCUT2D eigenvalue weighted by Gasteiger charge is -2.12. The molecule has 0 fully saturated rings. The zero-order valence-corrected chi connectivity index (χ0v) is 29.1.